The minimum atomic E-state index is -0.403. The van der Waals surface area contributed by atoms with Crippen LogP contribution in [0.15, 0.2) is 35.7 Å². The van der Waals surface area contributed by atoms with Crippen LogP contribution in [0.1, 0.15) is 50.6 Å². The highest BCUT2D eigenvalue weighted by molar-refractivity contribution is 7.10. The lowest BCUT2D eigenvalue weighted by Gasteiger charge is -2.37. The van der Waals surface area contributed by atoms with Gasteiger partial charge >= 0.3 is 0 Å². The van der Waals surface area contributed by atoms with Gasteiger partial charge in [0.05, 0.1) is 17.7 Å². The van der Waals surface area contributed by atoms with Gasteiger partial charge in [-0.3, -0.25) is 4.79 Å². The van der Waals surface area contributed by atoms with Crippen LogP contribution in [0.25, 0.3) is 11.3 Å². The highest BCUT2D eigenvalue weighted by Gasteiger charge is 2.38. The molecule has 3 atom stereocenters. The summed E-state index contributed by atoms with van der Waals surface area (Å²) >= 11 is 1.58. The van der Waals surface area contributed by atoms with Crippen molar-refractivity contribution >= 4 is 29.7 Å². The Morgan fingerprint density at radius 3 is 2.76 bits per heavy atom. The van der Waals surface area contributed by atoms with Crippen LogP contribution in [0.5, 0.6) is 0 Å². The second kappa shape index (κ2) is 8.30. The molecule has 2 aromatic rings. The zero-order chi connectivity index (χ0) is 17.2. The standard InChI is InChI=1S/C19H25N3OS.ClH/c1-13(21-17(23)15-10-6-7-11-19(15,2)20)18-22-16(12-24-18)14-8-4-3-5-9-14;/h3-5,8-9,12-13,15H,6-7,10-11,20H2,1-2H3,(H,21,23);1H. The summed E-state index contributed by atoms with van der Waals surface area (Å²) in [4.78, 5) is 17.3. The lowest BCUT2D eigenvalue weighted by molar-refractivity contribution is -0.128. The minimum Gasteiger partial charge on any atom is -0.347 e. The largest absolute Gasteiger partial charge is 0.347 e. The molecule has 0 spiro atoms. The van der Waals surface area contributed by atoms with Crippen molar-refractivity contribution in [3.05, 3.63) is 40.7 Å². The highest BCUT2D eigenvalue weighted by Crippen LogP contribution is 2.32. The van der Waals surface area contributed by atoms with Gasteiger partial charge in [-0.25, -0.2) is 4.98 Å². The van der Waals surface area contributed by atoms with Gasteiger partial charge in [0.1, 0.15) is 5.01 Å². The summed E-state index contributed by atoms with van der Waals surface area (Å²) < 4.78 is 0. The first-order valence-corrected chi connectivity index (χ1v) is 9.45. The Morgan fingerprint density at radius 1 is 1.36 bits per heavy atom. The Morgan fingerprint density at radius 2 is 2.08 bits per heavy atom. The summed E-state index contributed by atoms with van der Waals surface area (Å²) in [6, 6.07) is 9.99. The fraction of sp³-hybridized carbons (Fsp3) is 0.474. The molecular formula is C19H26ClN3OS. The van der Waals surface area contributed by atoms with E-state index in [1.165, 1.54) is 0 Å². The third-order valence-electron chi connectivity index (χ3n) is 4.89. The molecule has 136 valence electrons. The van der Waals surface area contributed by atoms with E-state index in [9.17, 15) is 4.79 Å². The maximum Gasteiger partial charge on any atom is 0.225 e. The summed E-state index contributed by atoms with van der Waals surface area (Å²) in [5.41, 5.74) is 8.00. The average molecular weight is 380 g/mol. The summed E-state index contributed by atoms with van der Waals surface area (Å²) in [6.07, 6.45) is 3.97. The number of carbonyl (C=O) groups is 1. The highest BCUT2D eigenvalue weighted by atomic mass is 35.5. The Labute approximate surface area is 159 Å². The second-order valence-corrected chi connectivity index (χ2v) is 7.86. The zero-order valence-corrected chi connectivity index (χ0v) is 16.3. The number of hydrogen-bond acceptors (Lipinski definition) is 4. The third kappa shape index (κ3) is 4.60. The van der Waals surface area contributed by atoms with Gasteiger partial charge in [-0.1, -0.05) is 43.2 Å². The first-order valence-electron chi connectivity index (χ1n) is 8.57. The van der Waals surface area contributed by atoms with E-state index in [1.54, 1.807) is 11.3 Å². The molecule has 4 nitrogen and oxygen atoms in total. The minimum absolute atomic E-state index is 0. The van der Waals surface area contributed by atoms with E-state index < -0.39 is 5.54 Å². The molecule has 1 amide bonds. The van der Waals surface area contributed by atoms with Crippen LogP contribution >= 0.6 is 23.7 Å². The van der Waals surface area contributed by atoms with Crippen LogP contribution < -0.4 is 11.1 Å². The predicted molar refractivity (Wildman–Crippen MR) is 106 cm³/mol. The van der Waals surface area contributed by atoms with Crippen molar-refractivity contribution in [1.82, 2.24) is 10.3 Å². The van der Waals surface area contributed by atoms with Crippen molar-refractivity contribution in [2.75, 3.05) is 0 Å². The summed E-state index contributed by atoms with van der Waals surface area (Å²) in [6.45, 7) is 3.99. The predicted octanol–water partition coefficient (Wildman–Crippen LogP) is 4.32. The van der Waals surface area contributed by atoms with Crippen molar-refractivity contribution < 1.29 is 4.79 Å². The molecule has 3 unspecified atom stereocenters. The monoisotopic (exact) mass is 379 g/mol. The van der Waals surface area contributed by atoms with Crippen LogP contribution in [0, 0.1) is 5.92 Å². The zero-order valence-electron chi connectivity index (χ0n) is 14.7. The number of hydrogen-bond donors (Lipinski definition) is 2. The van der Waals surface area contributed by atoms with Gasteiger partial charge in [0.15, 0.2) is 0 Å². The number of thiazole rings is 1. The van der Waals surface area contributed by atoms with Gasteiger partial charge in [0.2, 0.25) is 5.91 Å². The van der Waals surface area contributed by atoms with Crippen LogP contribution in [-0.2, 0) is 4.79 Å². The molecule has 0 aliphatic heterocycles. The van der Waals surface area contributed by atoms with Gasteiger partial charge in [-0.15, -0.1) is 23.7 Å². The molecule has 1 aliphatic rings. The molecule has 1 fully saturated rings. The van der Waals surface area contributed by atoms with Crippen molar-refractivity contribution in [1.29, 1.82) is 0 Å². The lowest BCUT2D eigenvalue weighted by atomic mass is 9.74. The van der Waals surface area contributed by atoms with E-state index in [1.807, 2.05) is 49.6 Å². The molecule has 1 aromatic carbocycles. The van der Waals surface area contributed by atoms with Crippen molar-refractivity contribution in [3.8, 4) is 11.3 Å². The van der Waals surface area contributed by atoms with E-state index in [0.717, 1.165) is 41.9 Å². The third-order valence-corrected chi connectivity index (χ3v) is 5.92. The molecular weight excluding hydrogens is 354 g/mol. The van der Waals surface area contributed by atoms with Crippen molar-refractivity contribution in [3.63, 3.8) is 0 Å². The quantitative estimate of drug-likeness (QED) is 0.831. The van der Waals surface area contributed by atoms with E-state index in [2.05, 4.69) is 10.3 Å². The summed E-state index contributed by atoms with van der Waals surface area (Å²) in [5, 5.41) is 6.09. The first-order chi connectivity index (χ1) is 11.5. The van der Waals surface area contributed by atoms with Crippen LogP contribution in [0.3, 0.4) is 0 Å². The maximum atomic E-state index is 12.7. The van der Waals surface area contributed by atoms with E-state index in [-0.39, 0.29) is 30.3 Å². The normalized spacial score (nSPS) is 24.2. The lowest BCUT2D eigenvalue weighted by Crippen LogP contribution is -2.53. The Kier molecular flexibility index (Phi) is 6.60. The number of nitrogens with zero attached hydrogens (tertiary/aromatic N) is 1. The van der Waals surface area contributed by atoms with Crippen LogP contribution in [0.4, 0.5) is 0 Å². The number of halogens is 1. The fourth-order valence-corrected chi connectivity index (χ4v) is 4.23. The van der Waals surface area contributed by atoms with Gasteiger partial charge in [-0.05, 0) is 26.7 Å². The molecule has 1 aliphatic carbocycles. The van der Waals surface area contributed by atoms with Crippen LogP contribution in [0.2, 0.25) is 0 Å². The number of rotatable bonds is 4. The van der Waals surface area contributed by atoms with Gasteiger partial charge in [-0.2, -0.15) is 0 Å². The first kappa shape index (κ1) is 19.9. The SMILES string of the molecule is CC(NC(=O)C1CCCCC1(C)N)c1nc(-c2ccccc2)cs1.Cl. The van der Waals surface area contributed by atoms with Crippen molar-refractivity contribution in [2.24, 2.45) is 11.7 Å². The summed E-state index contributed by atoms with van der Waals surface area (Å²) in [5.74, 6) is -0.0501. The molecule has 1 aromatic heterocycles. The van der Waals surface area contributed by atoms with Gasteiger partial charge in [0, 0.05) is 16.5 Å². The van der Waals surface area contributed by atoms with Gasteiger partial charge < -0.3 is 11.1 Å². The van der Waals surface area contributed by atoms with E-state index in [4.69, 9.17) is 5.73 Å². The number of carbonyl (C=O) groups excluding carboxylic acids is 1. The molecule has 0 saturated heterocycles. The number of amides is 1. The number of nitrogens with two attached hydrogens (primary N) is 1. The number of aromatic nitrogens is 1. The Balaban J connectivity index is 0.00000225. The number of benzene rings is 1. The number of nitrogens with one attached hydrogen (secondary N) is 1. The van der Waals surface area contributed by atoms with E-state index in [0.29, 0.717) is 0 Å². The van der Waals surface area contributed by atoms with Crippen molar-refractivity contribution in [2.45, 2.75) is 51.1 Å². The molecule has 3 rings (SSSR count). The molecule has 1 heterocycles. The molecule has 1 saturated carbocycles. The second-order valence-electron chi connectivity index (χ2n) is 6.97. The summed E-state index contributed by atoms with van der Waals surface area (Å²) in [7, 11) is 0. The Bertz CT molecular complexity index is 702. The Hall–Kier alpha value is -1.43. The fourth-order valence-electron chi connectivity index (χ4n) is 3.39. The average Bonchev–Trinajstić information content (AvgIpc) is 3.05. The van der Waals surface area contributed by atoms with Crippen LogP contribution in [-0.4, -0.2) is 16.4 Å². The maximum absolute atomic E-state index is 12.7. The topological polar surface area (TPSA) is 68.0 Å². The molecule has 6 heteroatoms. The van der Waals surface area contributed by atoms with E-state index >= 15 is 0 Å². The molecule has 0 bridgehead atoms. The van der Waals surface area contributed by atoms with Gasteiger partial charge in [0.25, 0.3) is 0 Å². The molecule has 25 heavy (non-hydrogen) atoms. The molecule has 3 N–H and O–H groups in total. The smallest absolute Gasteiger partial charge is 0.225 e. The molecule has 0 radical (unpaired) electrons.